The van der Waals surface area contributed by atoms with Crippen LogP contribution in [0.1, 0.15) is 41.4 Å². The number of benzene rings is 2. The molecule has 0 saturated heterocycles. The highest BCUT2D eigenvalue weighted by Crippen LogP contribution is 2.32. The first-order chi connectivity index (χ1) is 16.1. The fraction of sp³-hybridized carbons (Fsp3) is 0.259. The number of pyridine rings is 1. The monoisotopic (exact) mass is 445 g/mol. The Labute approximate surface area is 191 Å². The molecule has 2 aromatic carbocycles. The fourth-order valence-electron chi connectivity index (χ4n) is 4.93. The number of rotatable bonds is 6. The molecule has 1 atom stereocenters. The predicted octanol–water partition coefficient (Wildman–Crippen LogP) is 5.29. The molecule has 0 fully saturated rings. The lowest BCUT2D eigenvalue weighted by Crippen LogP contribution is -2.33. The number of aromatic nitrogens is 2. The van der Waals surface area contributed by atoms with Gasteiger partial charge in [0.15, 0.2) is 0 Å². The number of nitrogens with zero attached hydrogens (tertiary/aromatic N) is 2. The lowest BCUT2D eigenvalue weighted by Gasteiger charge is -2.20. The van der Waals surface area contributed by atoms with E-state index >= 15 is 0 Å². The highest BCUT2D eigenvalue weighted by molar-refractivity contribution is 5.88. The molecule has 1 aliphatic rings. The van der Waals surface area contributed by atoms with Gasteiger partial charge in [0.05, 0.1) is 11.7 Å². The number of nitrogens with one attached hydrogen (secondary N) is 1. The summed E-state index contributed by atoms with van der Waals surface area (Å²) in [6, 6.07) is 16.6. The minimum Gasteiger partial charge on any atom is -0.346 e. The van der Waals surface area contributed by atoms with E-state index < -0.39 is 17.7 Å². The Morgan fingerprint density at radius 3 is 2.55 bits per heavy atom. The summed E-state index contributed by atoms with van der Waals surface area (Å²) in [7, 11) is 0. The smallest absolute Gasteiger partial charge is 0.240 e. The van der Waals surface area contributed by atoms with Crippen molar-refractivity contribution in [2.45, 2.75) is 44.7 Å². The van der Waals surface area contributed by atoms with Gasteiger partial charge in [-0.2, -0.15) is 0 Å². The second-order valence-corrected chi connectivity index (χ2v) is 8.59. The minimum atomic E-state index is -0.637. The third-order valence-electron chi connectivity index (χ3n) is 6.33. The Balaban J connectivity index is 1.43. The Morgan fingerprint density at radius 1 is 1.00 bits per heavy atom. The van der Waals surface area contributed by atoms with E-state index in [0.717, 1.165) is 30.8 Å². The standard InChI is InChI=1S/C27H25F2N3O/c28-19-13-18(14-20(29)16-19)15-24(23-9-5-6-12-30-23)31-27(33)17-32-25-10-3-1-7-21(25)22-8-2-4-11-26(22)32/h1,3,5-7,9-10,12-14,16,24H,2,4,8,11,15,17H2,(H,31,33). The van der Waals surface area contributed by atoms with Crippen LogP contribution in [-0.2, 0) is 30.6 Å². The molecule has 1 aliphatic carbocycles. The van der Waals surface area contributed by atoms with Crippen LogP contribution in [0, 0.1) is 11.6 Å². The van der Waals surface area contributed by atoms with Gasteiger partial charge in [0.2, 0.25) is 5.91 Å². The van der Waals surface area contributed by atoms with Crippen molar-refractivity contribution in [3.63, 3.8) is 0 Å². The van der Waals surface area contributed by atoms with Gasteiger partial charge < -0.3 is 9.88 Å². The number of carbonyl (C=O) groups is 1. The maximum absolute atomic E-state index is 13.8. The fourth-order valence-corrected chi connectivity index (χ4v) is 4.93. The third-order valence-corrected chi connectivity index (χ3v) is 6.33. The van der Waals surface area contributed by atoms with Gasteiger partial charge in [-0.05, 0) is 73.6 Å². The van der Waals surface area contributed by atoms with Crippen molar-refractivity contribution < 1.29 is 13.6 Å². The first-order valence-electron chi connectivity index (χ1n) is 11.3. The maximum Gasteiger partial charge on any atom is 0.240 e. The molecule has 0 bridgehead atoms. The van der Waals surface area contributed by atoms with E-state index in [2.05, 4.69) is 27.0 Å². The molecule has 4 nitrogen and oxygen atoms in total. The molecule has 6 heteroatoms. The molecule has 5 rings (SSSR count). The predicted molar refractivity (Wildman–Crippen MR) is 124 cm³/mol. The van der Waals surface area contributed by atoms with E-state index in [1.807, 2.05) is 24.3 Å². The van der Waals surface area contributed by atoms with Crippen LogP contribution in [0.15, 0.2) is 66.9 Å². The highest BCUT2D eigenvalue weighted by Gasteiger charge is 2.23. The average Bonchev–Trinajstić information content (AvgIpc) is 3.12. The number of hydrogen-bond acceptors (Lipinski definition) is 2. The van der Waals surface area contributed by atoms with Gasteiger partial charge in [0.25, 0.3) is 0 Å². The number of aryl methyl sites for hydroxylation is 1. The van der Waals surface area contributed by atoms with Gasteiger partial charge in [-0.15, -0.1) is 0 Å². The van der Waals surface area contributed by atoms with Crippen molar-refractivity contribution in [2.24, 2.45) is 0 Å². The number of hydrogen-bond donors (Lipinski definition) is 1. The van der Waals surface area contributed by atoms with E-state index in [1.165, 1.54) is 35.2 Å². The third kappa shape index (κ3) is 4.51. The van der Waals surface area contributed by atoms with Crippen LogP contribution in [0.4, 0.5) is 8.78 Å². The summed E-state index contributed by atoms with van der Waals surface area (Å²) in [4.78, 5) is 17.6. The van der Waals surface area contributed by atoms with Crippen LogP contribution < -0.4 is 5.32 Å². The molecule has 0 radical (unpaired) electrons. The Hall–Kier alpha value is -3.54. The van der Waals surface area contributed by atoms with Crippen molar-refractivity contribution in [1.82, 2.24) is 14.9 Å². The zero-order valence-electron chi connectivity index (χ0n) is 18.2. The average molecular weight is 446 g/mol. The maximum atomic E-state index is 13.8. The van der Waals surface area contributed by atoms with Crippen LogP contribution in [0.3, 0.4) is 0 Å². The van der Waals surface area contributed by atoms with Gasteiger partial charge in [-0.3, -0.25) is 9.78 Å². The van der Waals surface area contributed by atoms with Crippen molar-refractivity contribution in [2.75, 3.05) is 0 Å². The summed E-state index contributed by atoms with van der Waals surface area (Å²) in [5.74, 6) is -1.43. The second kappa shape index (κ2) is 9.14. The molecule has 1 unspecified atom stereocenters. The van der Waals surface area contributed by atoms with Crippen LogP contribution in [0.5, 0.6) is 0 Å². The zero-order chi connectivity index (χ0) is 22.8. The first kappa shape index (κ1) is 21.3. The van der Waals surface area contributed by atoms with Crippen LogP contribution >= 0.6 is 0 Å². The van der Waals surface area contributed by atoms with Gasteiger partial charge in [0.1, 0.15) is 18.2 Å². The topological polar surface area (TPSA) is 46.9 Å². The molecule has 33 heavy (non-hydrogen) atoms. The lowest BCUT2D eigenvalue weighted by molar-refractivity contribution is -0.122. The summed E-state index contributed by atoms with van der Waals surface area (Å²) in [5, 5.41) is 4.28. The molecule has 2 heterocycles. The molecule has 4 aromatic rings. The highest BCUT2D eigenvalue weighted by atomic mass is 19.1. The van der Waals surface area contributed by atoms with E-state index in [1.54, 1.807) is 12.3 Å². The van der Waals surface area contributed by atoms with Gasteiger partial charge >= 0.3 is 0 Å². The van der Waals surface area contributed by atoms with E-state index in [4.69, 9.17) is 0 Å². The molecule has 0 spiro atoms. The number of fused-ring (bicyclic) bond motifs is 3. The Morgan fingerprint density at radius 2 is 1.76 bits per heavy atom. The quantitative estimate of drug-likeness (QED) is 0.438. The van der Waals surface area contributed by atoms with Crippen LogP contribution in [0.25, 0.3) is 10.9 Å². The summed E-state index contributed by atoms with van der Waals surface area (Å²) < 4.78 is 29.6. The molecule has 1 amide bonds. The number of carbonyl (C=O) groups excluding carboxylic acids is 1. The lowest BCUT2D eigenvalue weighted by atomic mass is 9.95. The number of para-hydroxylation sites is 1. The van der Waals surface area contributed by atoms with Crippen molar-refractivity contribution in [1.29, 1.82) is 0 Å². The summed E-state index contributed by atoms with van der Waals surface area (Å²) in [6.45, 7) is 0.191. The van der Waals surface area contributed by atoms with E-state index in [0.29, 0.717) is 11.3 Å². The van der Waals surface area contributed by atoms with Crippen LogP contribution in [-0.4, -0.2) is 15.5 Å². The molecule has 1 N–H and O–H groups in total. The van der Waals surface area contributed by atoms with E-state index in [9.17, 15) is 13.6 Å². The second-order valence-electron chi connectivity index (χ2n) is 8.59. The molecular weight excluding hydrogens is 420 g/mol. The molecule has 0 saturated carbocycles. The molecule has 2 aromatic heterocycles. The van der Waals surface area contributed by atoms with Gasteiger partial charge in [-0.25, -0.2) is 8.78 Å². The van der Waals surface area contributed by atoms with Crippen LogP contribution in [0.2, 0.25) is 0 Å². The van der Waals surface area contributed by atoms with Crippen molar-refractivity contribution in [3.05, 3.63) is 101 Å². The zero-order valence-corrected chi connectivity index (χ0v) is 18.2. The van der Waals surface area contributed by atoms with Crippen molar-refractivity contribution >= 4 is 16.8 Å². The largest absolute Gasteiger partial charge is 0.346 e. The molecular formula is C27H25F2N3O. The number of amides is 1. The van der Waals surface area contributed by atoms with Crippen molar-refractivity contribution in [3.8, 4) is 0 Å². The summed E-state index contributed by atoms with van der Waals surface area (Å²) >= 11 is 0. The summed E-state index contributed by atoms with van der Waals surface area (Å²) in [6.07, 6.45) is 6.17. The SMILES string of the molecule is O=C(Cn1c2c(c3ccccc31)CCCC2)NC(Cc1cc(F)cc(F)c1)c1ccccn1. The molecule has 0 aliphatic heterocycles. The van der Waals surface area contributed by atoms with Gasteiger partial charge in [-0.1, -0.05) is 24.3 Å². The summed E-state index contributed by atoms with van der Waals surface area (Å²) in [5.41, 5.74) is 4.77. The van der Waals surface area contributed by atoms with Gasteiger partial charge in [0, 0.05) is 28.9 Å². The molecule has 168 valence electrons. The Kier molecular flexibility index (Phi) is 5.90. The first-order valence-corrected chi connectivity index (χ1v) is 11.3. The normalized spacial score (nSPS) is 14.1. The minimum absolute atomic E-state index is 0.156. The van der Waals surface area contributed by atoms with E-state index in [-0.39, 0.29) is 18.9 Å². The number of halogens is 2. The Bertz CT molecular complexity index is 1280.